The van der Waals surface area contributed by atoms with Gasteiger partial charge in [-0.15, -0.1) is 0 Å². The predicted molar refractivity (Wildman–Crippen MR) is 86.9 cm³/mol. The van der Waals surface area contributed by atoms with Crippen molar-refractivity contribution in [2.45, 2.75) is 45.8 Å². The van der Waals surface area contributed by atoms with Crippen LogP contribution in [0.15, 0.2) is 24.5 Å². The van der Waals surface area contributed by atoms with Crippen molar-refractivity contribution in [2.75, 3.05) is 6.61 Å². The van der Waals surface area contributed by atoms with Crippen LogP contribution in [0.2, 0.25) is 0 Å². The van der Waals surface area contributed by atoms with Crippen LogP contribution >= 0.6 is 0 Å². The Hall–Kier alpha value is -1.86. The number of ether oxygens (including phenoxy) is 1. The first-order chi connectivity index (χ1) is 10.7. The topological polar surface area (TPSA) is 62.1 Å². The van der Waals surface area contributed by atoms with Crippen LogP contribution in [0.5, 0.6) is 0 Å². The summed E-state index contributed by atoms with van der Waals surface area (Å²) in [6.07, 6.45) is 3.30. The van der Waals surface area contributed by atoms with Crippen LogP contribution in [0, 0.1) is 0 Å². The first kappa shape index (κ1) is 16.0. The summed E-state index contributed by atoms with van der Waals surface area (Å²) in [6.45, 7) is 10.2. The molecule has 2 aromatic rings. The first-order valence-electron chi connectivity index (χ1n) is 7.75. The molecular weight excluding hydrogens is 295 g/mol. The molecular formula is C16H21BN2O4. The van der Waals surface area contributed by atoms with Crippen LogP contribution < -0.4 is 5.46 Å². The number of aromatic nitrogens is 2. The van der Waals surface area contributed by atoms with E-state index in [0.29, 0.717) is 17.9 Å². The number of pyridine rings is 1. The van der Waals surface area contributed by atoms with Gasteiger partial charge >= 0.3 is 13.1 Å². The van der Waals surface area contributed by atoms with Crippen LogP contribution in [0.4, 0.5) is 0 Å². The van der Waals surface area contributed by atoms with E-state index in [0.717, 1.165) is 5.46 Å². The van der Waals surface area contributed by atoms with Gasteiger partial charge in [0, 0.05) is 6.20 Å². The molecule has 122 valence electrons. The zero-order chi connectivity index (χ0) is 16.8. The zero-order valence-electron chi connectivity index (χ0n) is 14.1. The second-order valence-corrected chi connectivity index (χ2v) is 6.64. The van der Waals surface area contributed by atoms with Gasteiger partial charge in [-0.05, 0) is 52.2 Å². The lowest BCUT2D eigenvalue weighted by atomic mass is 9.80. The number of nitrogens with zero attached hydrogens (tertiary/aromatic N) is 2. The molecule has 3 heterocycles. The van der Waals surface area contributed by atoms with Crippen LogP contribution in [-0.4, -0.2) is 40.3 Å². The van der Waals surface area contributed by atoms with E-state index in [1.807, 2.05) is 39.8 Å². The highest BCUT2D eigenvalue weighted by Crippen LogP contribution is 2.36. The van der Waals surface area contributed by atoms with Crippen molar-refractivity contribution >= 4 is 24.2 Å². The standard InChI is InChI=1S/C16H21BN2O4/c1-6-21-14(20)12-10-18-13-9-11(7-8-19(12)13)17-22-15(2,3)16(4,5)23-17/h7-10H,6H2,1-5H3. The minimum absolute atomic E-state index is 0.331. The van der Waals surface area contributed by atoms with Crippen molar-refractivity contribution in [2.24, 2.45) is 0 Å². The lowest BCUT2D eigenvalue weighted by Gasteiger charge is -2.32. The second-order valence-electron chi connectivity index (χ2n) is 6.64. The van der Waals surface area contributed by atoms with E-state index in [9.17, 15) is 4.79 Å². The van der Waals surface area contributed by atoms with Crippen LogP contribution in [0.25, 0.3) is 5.65 Å². The molecule has 23 heavy (non-hydrogen) atoms. The molecule has 1 aliphatic rings. The average molecular weight is 316 g/mol. The molecule has 0 atom stereocenters. The lowest BCUT2D eigenvalue weighted by molar-refractivity contribution is 0.00578. The fourth-order valence-electron chi connectivity index (χ4n) is 2.48. The number of esters is 1. The molecule has 6 nitrogen and oxygen atoms in total. The Labute approximate surface area is 135 Å². The maximum Gasteiger partial charge on any atom is 0.495 e. The minimum atomic E-state index is -0.451. The molecule has 0 aromatic carbocycles. The average Bonchev–Trinajstić information content (AvgIpc) is 2.97. The predicted octanol–water partition coefficient (Wildman–Crippen LogP) is 1.81. The van der Waals surface area contributed by atoms with E-state index in [1.54, 1.807) is 17.5 Å². The summed E-state index contributed by atoms with van der Waals surface area (Å²) in [7, 11) is -0.451. The monoisotopic (exact) mass is 316 g/mol. The van der Waals surface area contributed by atoms with Crippen molar-refractivity contribution in [3.63, 3.8) is 0 Å². The van der Waals surface area contributed by atoms with Gasteiger partial charge in [-0.2, -0.15) is 0 Å². The smallest absolute Gasteiger partial charge is 0.461 e. The highest BCUT2D eigenvalue weighted by molar-refractivity contribution is 6.62. The Morgan fingerprint density at radius 1 is 1.30 bits per heavy atom. The summed E-state index contributed by atoms with van der Waals surface area (Å²) in [6, 6.07) is 3.74. The van der Waals surface area contributed by atoms with Crippen LogP contribution in [0.3, 0.4) is 0 Å². The Kier molecular flexibility index (Phi) is 3.73. The van der Waals surface area contributed by atoms with E-state index in [1.165, 1.54) is 6.20 Å². The quantitative estimate of drug-likeness (QED) is 0.638. The number of imidazole rings is 1. The van der Waals surface area contributed by atoms with E-state index >= 15 is 0 Å². The van der Waals surface area contributed by atoms with Crippen LogP contribution in [0.1, 0.15) is 45.1 Å². The van der Waals surface area contributed by atoms with Gasteiger partial charge < -0.3 is 14.0 Å². The molecule has 0 radical (unpaired) electrons. The molecule has 1 aliphatic heterocycles. The van der Waals surface area contributed by atoms with E-state index < -0.39 is 18.3 Å². The molecule has 0 saturated carbocycles. The summed E-state index contributed by atoms with van der Waals surface area (Å²) in [4.78, 5) is 16.2. The third-order valence-corrected chi connectivity index (χ3v) is 4.55. The Balaban J connectivity index is 1.92. The molecule has 7 heteroatoms. The lowest BCUT2D eigenvalue weighted by Crippen LogP contribution is -2.41. The fourth-order valence-corrected chi connectivity index (χ4v) is 2.48. The van der Waals surface area contributed by atoms with Crippen molar-refractivity contribution < 1.29 is 18.8 Å². The molecule has 0 aliphatic carbocycles. The largest absolute Gasteiger partial charge is 0.495 e. The summed E-state index contributed by atoms with van der Waals surface area (Å²) in [5.74, 6) is -0.386. The third-order valence-electron chi connectivity index (χ3n) is 4.55. The van der Waals surface area contributed by atoms with Gasteiger partial charge in [0.1, 0.15) is 5.65 Å². The number of fused-ring (bicyclic) bond motifs is 1. The van der Waals surface area contributed by atoms with Crippen molar-refractivity contribution in [1.29, 1.82) is 0 Å². The summed E-state index contributed by atoms with van der Waals surface area (Å²) >= 11 is 0. The maximum absolute atomic E-state index is 11.9. The molecule has 0 bridgehead atoms. The molecule has 2 aromatic heterocycles. The minimum Gasteiger partial charge on any atom is -0.461 e. The number of hydrogen-bond donors (Lipinski definition) is 0. The number of carbonyl (C=O) groups is 1. The van der Waals surface area contributed by atoms with Crippen LogP contribution in [-0.2, 0) is 14.0 Å². The summed E-state index contributed by atoms with van der Waals surface area (Å²) in [5, 5.41) is 0. The Morgan fingerprint density at radius 3 is 2.57 bits per heavy atom. The maximum atomic E-state index is 11.9. The zero-order valence-corrected chi connectivity index (χ0v) is 14.1. The van der Waals surface area contributed by atoms with Crippen molar-refractivity contribution in [3.05, 3.63) is 30.2 Å². The fraction of sp³-hybridized carbons (Fsp3) is 0.500. The molecule has 1 fully saturated rings. The Bertz CT molecular complexity index is 738. The number of carbonyl (C=O) groups excluding carboxylic acids is 1. The van der Waals surface area contributed by atoms with Gasteiger partial charge in [-0.25, -0.2) is 9.78 Å². The van der Waals surface area contributed by atoms with Gasteiger partial charge in [0.15, 0.2) is 5.69 Å². The highest BCUT2D eigenvalue weighted by atomic mass is 16.7. The van der Waals surface area contributed by atoms with Crippen molar-refractivity contribution in [3.8, 4) is 0 Å². The number of rotatable bonds is 3. The van der Waals surface area contributed by atoms with Gasteiger partial charge in [-0.1, -0.05) is 0 Å². The first-order valence-corrected chi connectivity index (χ1v) is 7.75. The number of hydrogen-bond acceptors (Lipinski definition) is 5. The Morgan fingerprint density at radius 2 is 1.96 bits per heavy atom. The molecule has 1 saturated heterocycles. The molecule has 0 spiro atoms. The summed E-state index contributed by atoms with van der Waals surface area (Å²) in [5.41, 5.74) is 1.14. The summed E-state index contributed by atoms with van der Waals surface area (Å²) < 4.78 is 18.8. The SMILES string of the molecule is CCOC(=O)c1cnc2cc(B3OC(C)(C)C(C)(C)O3)ccn12. The highest BCUT2D eigenvalue weighted by Gasteiger charge is 2.51. The molecule has 0 amide bonds. The van der Waals surface area contributed by atoms with Gasteiger partial charge in [-0.3, -0.25) is 4.40 Å². The van der Waals surface area contributed by atoms with Crippen molar-refractivity contribution in [1.82, 2.24) is 9.38 Å². The molecule has 3 rings (SSSR count). The third kappa shape index (κ3) is 2.64. The van der Waals surface area contributed by atoms with E-state index in [2.05, 4.69) is 4.98 Å². The van der Waals surface area contributed by atoms with Gasteiger partial charge in [0.2, 0.25) is 0 Å². The van der Waals surface area contributed by atoms with E-state index in [-0.39, 0.29) is 5.97 Å². The molecule has 0 unspecified atom stereocenters. The van der Waals surface area contributed by atoms with Gasteiger partial charge in [0.05, 0.1) is 24.0 Å². The van der Waals surface area contributed by atoms with E-state index in [4.69, 9.17) is 14.0 Å². The molecule has 0 N–H and O–H groups in total. The normalized spacial score (nSPS) is 19.3. The van der Waals surface area contributed by atoms with Gasteiger partial charge in [0.25, 0.3) is 0 Å². The second kappa shape index (κ2) is 5.35.